The largest absolute Gasteiger partial charge is 0.473 e. The molecule has 0 amide bonds. The lowest BCUT2D eigenvalue weighted by atomic mass is 9.83. The van der Waals surface area contributed by atoms with Crippen LogP contribution in [0, 0.1) is 11.3 Å². The molecule has 216 valence electrons. The van der Waals surface area contributed by atoms with Gasteiger partial charge in [0, 0.05) is 43.1 Å². The molecule has 2 aliphatic heterocycles. The fourth-order valence-corrected chi connectivity index (χ4v) is 5.97. The van der Waals surface area contributed by atoms with Gasteiger partial charge in [-0.1, -0.05) is 27.7 Å². The van der Waals surface area contributed by atoms with Crippen LogP contribution in [0.5, 0.6) is 5.88 Å². The summed E-state index contributed by atoms with van der Waals surface area (Å²) in [5, 5.41) is 16.9. The normalized spacial score (nSPS) is 20.3. The fourth-order valence-electron chi connectivity index (χ4n) is 4.86. The molecule has 9 nitrogen and oxygen atoms in total. The van der Waals surface area contributed by atoms with Crippen molar-refractivity contribution in [2.45, 2.75) is 70.2 Å². The van der Waals surface area contributed by atoms with Crippen molar-refractivity contribution in [3.05, 3.63) is 53.9 Å². The summed E-state index contributed by atoms with van der Waals surface area (Å²) in [6.45, 7) is 16.0. The van der Waals surface area contributed by atoms with Crippen LogP contribution in [0.15, 0.2) is 42.7 Å². The Morgan fingerprint density at radius 3 is 2.78 bits per heavy atom. The maximum atomic E-state index is 10.0. The maximum absolute atomic E-state index is 10.0. The number of fused-ring (bicyclic) bond motifs is 1. The molecule has 2 aromatic heterocycles. The van der Waals surface area contributed by atoms with E-state index in [1.165, 1.54) is 0 Å². The zero-order valence-electron chi connectivity index (χ0n) is 24.9. The van der Waals surface area contributed by atoms with Crippen molar-refractivity contribution in [2.75, 3.05) is 37.0 Å². The van der Waals surface area contributed by atoms with Gasteiger partial charge in [0.25, 0.3) is 0 Å². The third-order valence-corrected chi connectivity index (χ3v) is 13.0. The molecule has 1 aromatic carbocycles. The topological polar surface area (TPSA) is 114 Å². The van der Waals surface area contributed by atoms with Gasteiger partial charge in [0.2, 0.25) is 11.8 Å². The van der Waals surface area contributed by atoms with Gasteiger partial charge in [-0.3, -0.25) is 0 Å². The second-order valence-electron chi connectivity index (χ2n) is 12.7. The molecule has 2 aliphatic rings. The summed E-state index contributed by atoms with van der Waals surface area (Å²) in [7, 11) is -1.95. The van der Waals surface area contributed by atoms with E-state index >= 15 is 0 Å². The standard InChI is InChI=1S/C31H40N6O3Si/c1-30(2,3)41(5,6)40-20-31(4)19-35-27-22(17-32)15-21(16-24(27)31)25-11-13-34-29(36-25)37-26-10-7-12-33-28(26)39-18-23-9-8-14-38-23/h7,10-13,15-16,23,35H,8-9,14,18-20H2,1-6H3,(H,34,36,37)/t23-,31+/m0/s1. The van der Waals surface area contributed by atoms with Crippen LogP contribution in [-0.4, -0.2) is 55.7 Å². The maximum Gasteiger partial charge on any atom is 0.237 e. The lowest BCUT2D eigenvalue weighted by molar-refractivity contribution is 0.0666. The van der Waals surface area contributed by atoms with Crippen LogP contribution >= 0.6 is 0 Å². The van der Waals surface area contributed by atoms with E-state index in [9.17, 15) is 5.26 Å². The van der Waals surface area contributed by atoms with Gasteiger partial charge in [0.1, 0.15) is 18.4 Å². The number of benzene rings is 1. The van der Waals surface area contributed by atoms with E-state index in [1.54, 1.807) is 12.4 Å². The number of nitrogens with zero attached hydrogens (tertiary/aromatic N) is 4. The number of nitriles is 1. The average molecular weight is 573 g/mol. The second kappa shape index (κ2) is 11.4. The number of ether oxygens (including phenoxy) is 2. The molecule has 2 atom stereocenters. The smallest absolute Gasteiger partial charge is 0.237 e. The van der Waals surface area contributed by atoms with E-state index in [-0.39, 0.29) is 16.6 Å². The Bertz CT molecular complexity index is 1440. The van der Waals surface area contributed by atoms with Gasteiger partial charge in [-0.15, -0.1) is 0 Å². The molecule has 10 heteroatoms. The molecule has 4 heterocycles. The molecule has 0 unspecified atom stereocenters. The molecular weight excluding hydrogens is 532 g/mol. The highest BCUT2D eigenvalue weighted by Crippen LogP contribution is 2.44. The molecular formula is C31H40N6O3Si. The summed E-state index contributed by atoms with van der Waals surface area (Å²) in [6.07, 6.45) is 5.54. The lowest BCUT2D eigenvalue weighted by Gasteiger charge is -2.39. The molecule has 2 N–H and O–H groups in total. The monoisotopic (exact) mass is 572 g/mol. The summed E-state index contributed by atoms with van der Waals surface area (Å²) in [5.74, 6) is 0.892. The Hall–Kier alpha value is -3.52. The van der Waals surface area contributed by atoms with Crippen LogP contribution in [0.2, 0.25) is 18.1 Å². The molecule has 3 aromatic rings. The lowest BCUT2D eigenvalue weighted by Crippen LogP contribution is -2.45. The van der Waals surface area contributed by atoms with E-state index in [0.29, 0.717) is 48.5 Å². The molecule has 0 saturated carbocycles. The first-order chi connectivity index (χ1) is 19.5. The first kappa shape index (κ1) is 29.0. The summed E-state index contributed by atoms with van der Waals surface area (Å²) in [4.78, 5) is 13.6. The highest BCUT2D eigenvalue weighted by Gasteiger charge is 2.42. The molecule has 0 spiro atoms. The zero-order valence-corrected chi connectivity index (χ0v) is 25.9. The van der Waals surface area contributed by atoms with Gasteiger partial charge in [0.15, 0.2) is 8.32 Å². The van der Waals surface area contributed by atoms with E-state index in [4.69, 9.17) is 18.9 Å². The van der Waals surface area contributed by atoms with Gasteiger partial charge >= 0.3 is 0 Å². The Morgan fingerprint density at radius 2 is 2.05 bits per heavy atom. The van der Waals surface area contributed by atoms with Gasteiger partial charge in [-0.2, -0.15) is 5.26 Å². The highest BCUT2D eigenvalue weighted by molar-refractivity contribution is 6.74. The van der Waals surface area contributed by atoms with Crippen LogP contribution in [0.25, 0.3) is 11.3 Å². The van der Waals surface area contributed by atoms with Gasteiger partial charge in [-0.05, 0) is 66.9 Å². The van der Waals surface area contributed by atoms with Crippen LogP contribution in [0.1, 0.15) is 51.7 Å². The van der Waals surface area contributed by atoms with Crippen LogP contribution < -0.4 is 15.4 Å². The van der Waals surface area contributed by atoms with Crippen molar-refractivity contribution in [1.29, 1.82) is 5.26 Å². The minimum atomic E-state index is -1.95. The summed E-state index contributed by atoms with van der Waals surface area (Å²) >= 11 is 0. The van der Waals surface area contributed by atoms with Gasteiger partial charge in [0.05, 0.1) is 23.0 Å². The predicted octanol–water partition coefficient (Wildman–Crippen LogP) is 6.42. The first-order valence-electron chi connectivity index (χ1n) is 14.3. The zero-order chi connectivity index (χ0) is 29.3. The fraction of sp³-hybridized carbons (Fsp3) is 0.484. The number of hydrogen-bond acceptors (Lipinski definition) is 9. The minimum Gasteiger partial charge on any atom is -0.473 e. The Morgan fingerprint density at radius 1 is 1.22 bits per heavy atom. The molecule has 0 radical (unpaired) electrons. The quantitative estimate of drug-likeness (QED) is 0.280. The van der Waals surface area contributed by atoms with E-state index < -0.39 is 8.32 Å². The summed E-state index contributed by atoms with van der Waals surface area (Å²) in [6, 6.07) is 12.0. The Labute approximate surface area is 243 Å². The minimum absolute atomic E-state index is 0.0889. The first-order valence-corrected chi connectivity index (χ1v) is 17.2. The third-order valence-electron chi connectivity index (χ3n) is 8.52. The average Bonchev–Trinajstić information content (AvgIpc) is 3.59. The van der Waals surface area contributed by atoms with Crippen LogP contribution in [0.4, 0.5) is 17.3 Å². The number of anilines is 3. The predicted molar refractivity (Wildman–Crippen MR) is 163 cm³/mol. The van der Waals surface area contributed by atoms with E-state index in [2.05, 4.69) is 73.5 Å². The number of hydrogen-bond donors (Lipinski definition) is 2. The van der Waals surface area contributed by atoms with Crippen LogP contribution in [0.3, 0.4) is 0 Å². The van der Waals surface area contributed by atoms with E-state index in [1.807, 2.05) is 24.3 Å². The Kier molecular flexibility index (Phi) is 8.06. The van der Waals surface area contributed by atoms with Crippen molar-refractivity contribution in [3.8, 4) is 23.2 Å². The van der Waals surface area contributed by atoms with Crippen molar-refractivity contribution in [3.63, 3.8) is 0 Å². The van der Waals surface area contributed by atoms with Gasteiger partial charge < -0.3 is 24.5 Å². The van der Waals surface area contributed by atoms with Crippen molar-refractivity contribution >= 4 is 25.6 Å². The number of nitrogens with one attached hydrogen (secondary N) is 2. The molecule has 1 saturated heterocycles. The van der Waals surface area contributed by atoms with Crippen molar-refractivity contribution in [1.82, 2.24) is 15.0 Å². The van der Waals surface area contributed by atoms with Crippen molar-refractivity contribution < 1.29 is 13.9 Å². The molecule has 5 rings (SSSR count). The Balaban J connectivity index is 1.40. The number of rotatable bonds is 9. The van der Waals surface area contributed by atoms with Gasteiger partial charge in [-0.25, -0.2) is 15.0 Å². The van der Waals surface area contributed by atoms with Crippen molar-refractivity contribution in [2.24, 2.45) is 0 Å². The van der Waals surface area contributed by atoms with E-state index in [0.717, 1.165) is 36.3 Å². The summed E-state index contributed by atoms with van der Waals surface area (Å²) in [5.41, 5.74) is 4.53. The third kappa shape index (κ3) is 6.22. The number of pyridine rings is 1. The molecule has 41 heavy (non-hydrogen) atoms. The molecule has 0 bridgehead atoms. The highest BCUT2D eigenvalue weighted by atomic mass is 28.4. The summed E-state index contributed by atoms with van der Waals surface area (Å²) < 4.78 is 18.3. The van der Waals surface area contributed by atoms with Crippen LogP contribution in [-0.2, 0) is 14.6 Å². The SMILES string of the molecule is CC(C)(C)[Si](C)(C)OC[C@@]1(C)CNc2c(C#N)cc(-c3ccnc(Nc4cccnc4OC[C@@H]4CCCO4)n3)cc21. The molecule has 0 aliphatic carbocycles. The molecule has 1 fully saturated rings. The number of aromatic nitrogens is 3. The second-order valence-corrected chi connectivity index (χ2v) is 17.5.